The smallest absolute Gasteiger partial charge is 0.0779 e. The maximum absolute atomic E-state index is 9.39. The van der Waals surface area contributed by atoms with Gasteiger partial charge in [-0.1, -0.05) is 0 Å². The molecule has 0 amide bonds. The number of aromatic nitrogens is 1. The summed E-state index contributed by atoms with van der Waals surface area (Å²) in [6.07, 6.45) is 7.54. The molecule has 2 atom stereocenters. The summed E-state index contributed by atoms with van der Waals surface area (Å²) >= 11 is 0. The molecule has 0 aromatic carbocycles. The van der Waals surface area contributed by atoms with Gasteiger partial charge in [0.1, 0.15) is 0 Å². The molecule has 1 aliphatic heterocycles. The SMILES string of the molecule is OCc1cnccc1N1CCOC2CCCC21. The van der Waals surface area contributed by atoms with Gasteiger partial charge >= 0.3 is 0 Å². The summed E-state index contributed by atoms with van der Waals surface area (Å²) in [5.74, 6) is 0. The molecule has 2 aliphatic rings. The number of rotatable bonds is 2. The summed E-state index contributed by atoms with van der Waals surface area (Å²) in [5, 5.41) is 9.39. The molecule has 0 radical (unpaired) electrons. The fraction of sp³-hybridized carbons (Fsp3) is 0.615. The number of hydrogen-bond donors (Lipinski definition) is 1. The Morgan fingerprint density at radius 3 is 3.29 bits per heavy atom. The van der Waals surface area contributed by atoms with Crippen LogP contribution >= 0.6 is 0 Å². The van der Waals surface area contributed by atoms with Crippen molar-refractivity contribution in [3.8, 4) is 0 Å². The van der Waals surface area contributed by atoms with E-state index in [4.69, 9.17) is 4.74 Å². The molecule has 1 aromatic heterocycles. The molecule has 4 nitrogen and oxygen atoms in total. The lowest BCUT2D eigenvalue weighted by Gasteiger charge is -2.40. The van der Waals surface area contributed by atoms with Gasteiger partial charge in [-0.2, -0.15) is 0 Å². The number of fused-ring (bicyclic) bond motifs is 1. The highest BCUT2D eigenvalue weighted by molar-refractivity contribution is 5.53. The molecule has 0 bridgehead atoms. The molecule has 1 N–H and O–H groups in total. The van der Waals surface area contributed by atoms with Crippen molar-refractivity contribution >= 4 is 5.69 Å². The van der Waals surface area contributed by atoms with Crippen LogP contribution in [-0.4, -0.2) is 35.4 Å². The summed E-state index contributed by atoms with van der Waals surface area (Å²) in [6.45, 7) is 1.75. The molecule has 0 spiro atoms. The van der Waals surface area contributed by atoms with Crippen molar-refractivity contribution < 1.29 is 9.84 Å². The molecular weight excluding hydrogens is 216 g/mol. The van der Waals surface area contributed by atoms with E-state index in [0.29, 0.717) is 12.1 Å². The average molecular weight is 234 g/mol. The monoisotopic (exact) mass is 234 g/mol. The van der Waals surface area contributed by atoms with Gasteiger partial charge < -0.3 is 14.7 Å². The molecule has 1 aromatic rings. The first-order valence-corrected chi connectivity index (χ1v) is 6.32. The van der Waals surface area contributed by atoms with Crippen molar-refractivity contribution in [1.29, 1.82) is 0 Å². The van der Waals surface area contributed by atoms with Gasteiger partial charge in [-0.3, -0.25) is 4.98 Å². The molecule has 1 aliphatic carbocycles. The Balaban J connectivity index is 1.91. The van der Waals surface area contributed by atoms with Crippen LogP contribution in [0, 0.1) is 0 Å². The number of aliphatic hydroxyl groups is 1. The lowest BCUT2D eigenvalue weighted by molar-refractivity contribution is 0.0255. The van der Waals surface area contributed by atoms with Crippen molar-refractivity contribution in [2.24, 2.45) is 0 Å². The molecular formula is C13H18N2O2. The molecule has 1 saturated carbocycles. The predicted molar refractivity (Wildman–Crippen MR) is 64.9 cm³/mol. The molecule has 3 rings (SSSR count). The maximum Gasteiger partial charge on any atom is 0.0779 e. The summed E-state index contributed by atoms with van der Waals surface area (Å²) in [7, 11) is 0. The van der Waals surface area contributed by atoms with E-state index in [-0.39, 0.29) is 6.61 Å². The third-order valence-electron chi connectivity index (χ3n) is 3.84. The summed E-state index contributed by atoms with van der Waals surface area (Å²) in [6, 6.07) is 2.49. The van der Waals surface area contributed by atoms with Crippen LogP contribution in [0.25, 0.3) is 0 Å². The van der Waals surface area contributed by atoms with E-state index in [1.807, 2.05) is 6.07 Å². The molecule has 92 valence electrons. The molecule has 2 fully saturated rings. The number of aliphatic hydroxyl groups excluding tert-OH is 1. The molecule has 1 saturated heterocycles. The number of morpholine rings is 1. The average Bonchev–Trinajstić information content (AvgIpc) is 2.86. The van der Waals surface area contributed by atoms with Gasteiger partial charge in [-0.05, 0) is 25.3 Å². The van der Waals surface area contributed by atoms with Crippen LogP contribution in [-0.2, 0) is 11.3 Å². The second-order valence-electron chi connectivity index (χ2n) is 4.76. The van der Waals surface area contributed by atoms with E-state index in [2.05, 4.69) is 9.88 Å². The maximum atomic E-state index is 9.39. The molecule has 2 heterocycles. The van der Waals surface area contributed by atoms with Crippen LogP contribution in [0.5, 0.6) is 0 Å². The van der Waals surface area contributed by atoms with Gasteiger partial charge in [0.15, 0.2) is 0 Å². The third kappa shape index (κ3) is 1.91. The number of nitrogens with zero attached hydrogens (tertiary/aromatic N) is 2. The minimum Gasteiger partial charge on any atom is -0.392 e. The van der Waals surface area contributed by atoms with Crippen LogP contribution in [0.2, 0.25) is 0 Å². The normalized spacial score (nSPS) is 28.2. The molecule has 4 heteroatoms. The third-order valence-corrected chi connectivity index (χ3v) is 3.84. The van der Waals surface area contributed by atoms with E-state index in [9.17, 15) is 5.11 Å². The zero-order chi connectivity index (χ0) is 11.7. The van der Waals surface area contributed by atoms with Crippen molar-refractivity contribution in [2.45, 2.75) is 38.0 Å². The summed E-state index contributed by atoms with van der Waals surface area (Å²) < 4.78 is 5.81. The predicted octanol–water partition coefficient (Wildman–Crippen LogP) is 1.33. The van der Waals surface area contributed by atoms with Crippen LogP contribution in [0.4, 0.5) is 5.69 Å². The lowest BCUT2D eigenvalue weighted by atomic mass is 10.1. The van der Waals surface area contributed by atoms with Crippen molar-refractivity contribution in [3.63, 3.8) is 0 Å². The highest BCUT2D eigenvalue weighted by Gasteiger charge is 2.36. The fourth-order valence-electron chi connectivity index (χ4n) is 3.05. The fourth-order valence-corrected chi connectivity index (χ4v) is 3.05. The van der Waals surface area contributed by atoms with Gasteiger partial charge in [-0.25, -0.2) is 0 Å². The minimum atomic E-state index is 0.0535. The lowest BCUT2D eigenvalue weighted by Crippen LogP contribution is -2.49. The van der Waals surface area contributed by atoms with Gasteiger partial charge in [0.25, 0.3) is 0 Å². The quantitative estimate of drug-likeness (QED) is 0.838. The standard InChI is InChI=1S/C13H18N2O2/c16-9-10-8-14-5-4-11(10)15-6-7-17-13-3-1-2-12(13)15/h4-5,8,12-13,16H,1-3,6-7,9H2. The number of pyridine rings is 1. The highest BCUT2D eigenvalue weighted by atomic mass is 16.5. The van der Waals surface area contributed by atoms with Gasteiger partial charge in [0, 0.05) is 30.2 Å². The molecule has 2 unspecified atom stereocenters. The number of ether oxygens (including phenoxy) is 1. The van der Waals surface area contributed by atoms with E-state index < -0.39 is 0 Å². The zero-order valence-corrected chi connectivity index (χ0v) is 9.88. The Kier molecular flexibility index (Phi) is 2.99. The number of anilines is 1. The Bertz CT molecular complexity index is 397. The van der Waals surface area contributed by atoms with E-state index >= 15 is 0 Å². The van der Waals surface area contributed by atoms with Crippen LogP contribution < -0.4 is 4.90 Å². The highest BCUT2D eigenvalue weighted by Crippen LogP contribution is 2.34. The van der Waals surface area contributed by atoms with Gasteiger partial charge in [0.2, 0.25) is 0 Å². The minimum absolute atomic E-state index is 0.0535. The Labute approximate surface area is 101 Å². The van der Waals surface area contributed by atoms with E-state index in [1.54, 1.807) is 12.4 Å². The van der Waals surface area contributed by atoms with Gasteiger partial charge in [-0.15, -0.1) is 0 Å². The topological polar surface area (TPSA) is 45.6 Å². The summed E-state index contributed by atoms with van der Waals surface area (Å²) in [5.41, 5.74) is 2.04. The first kappa shape index (κ1) is 11.0. The van der Waals surface area contributed by atoms with Gasteiger partial charge in [0.05, 0.1) is 25.4 Å². The first-order valence-electron chi connectivity index (χ1n) is 6.32. The molecule has 17 heavy (non-hydrogen) atoms. The van der Waals surface area contributed by atoms with E-state index in [1.165, 1.54) is 19.3 Å². The van der Waals surface area contributed by atoms with Crippen molar-refractivity contribution in [3.05, 3.63) is 24.0 Å². The van der Waals surface area contributed by atoms with Crippen molar-refractivity contribution in [1.82, 2.24) is 4.98 Å². The number of hydrogen-bond acceptors (Lipinski definition) is 4. The second-order valence-corrected chi connectivity index (χ2v) is 4.76. The van der Waals surface area contributed by atoms with Crippen molar-refractivity contribution in [2.75, 3.05) is 18.1 Å². The van der Waals surface area contributed by atoms with Crippen LogP contribution in [0.1, 0.15) is 24.8 Å². The van der Waals surface area contributed by atoms with E-state index in [0.717, 1.165) is 24.4 Å². The van der Waals surface area contributed by atoms with Crippen LogP contribution in [0.3, 0.4) is 0 Å². The second kappa shape index (κ2) is 4.63. The summed E-state index contributed by atoms with van der Waals surface area (Å²) in [4.78, 5) is 6.48. The zero-order valence-electron chi connectivity index (χ0n) is 9.88. The first-order chi connectivity index (χ1) is 8.40. The van der Waals surface area contributed by atoms with Crippen LogP contribution in [0.15, 0.2) is 18.5 Å². The Hall–Kier alpha value is -1.13. The Morgan fingerprint density at radius 2 is 2.41 bits per heavy atom. The Morgan fingerprint density at radius 1 is 1.47 bits per heavy atom. The largest absolute Gasteiger partial charge is 0.392 e.